The molecule has 0 spiro atoms. The lowest BCUT2D eigenvalue weighted by Crippen LogP contribution is -2.36. The lowest BCUT2D eigenvalue weighted by Gasteiger charge is -2.22. The Kier molecular flexibility index (Phi) is 3.08. The number of aromatic carboxylic acids is 1. The average Bonchev–Trinajstić information content (AvgIpc) is 2.86. The van der Waals surface area contributed by atoms with E-state index in [-0.39, 0.29) is 17.6 Å². The van der Waals surface area contributed by atoms with Crippen LogP contribution in [-0.2, 0) is 11.3 Å². The highest BCUT2D eigenvalue weighted by Gasteiger charge is 2.27. The summed E-state index contributed by atoms with van der Waals surface area (Å²) in [6.45, 7) is 2.81. The molecular weight excluding hydrogens is 224 g/mol. The molecule has 1 aliphatic rings. The topological polar surface area (TPSA) is 88.3 Å². The summed E-state index contributed by atoms with van der Waals surface area (Å²) in [5.41, 5.74) is -0.0719. The van der Waals surface area contributed by atoms with Crippen LogP contribution in [0.25, 0.3) is 0 Å². The third-order valence-electron chi connectivity index (χ3n) is 2.94. The second kappa shape index (κ2) is 4.52. The smallest absolute Gasteiger partial charge is 0.358 e. The average molecular weight is 238 g/mol. The molecule has 1 atom stereocenters. The lowest BCUT2D eigenvalue weighted by atomic mass is 10.2. The minimum absolute atomic E-state index is 0.0473. The minimum atomic E-state index is -1.09. The SMILES string of the molecule is CC(=O)N1CCC[C@H]1Cn1cc(C(=O)O)nn1. The summed E-state index contributed by atoms with van der Waals surface area (Å²) in [5.74, 6) is -1.04. The molecule has 2 rings (SSSR count). The van der Waals surface area contributed by atoms with E-state index in [9.17, 15) is 9.59 Å². The normalized spacial score (nSPS) is 19.6. The van der Waals surface area contributed by atoms with Crippen LogP contribution in [0.5, 0.6) is 0 Å². The molecule has 7 heteroatoms. The lowest BCUT2D eigenvalue weighted by molar-refractivity contribution is -0.129. The van der Waals surface area contributed by atoms with Crippen LogP contribution in [0.3, 0.4) is 0 Å². The molecule has 17 heavy (non-hydrogen) atoms. The number of carboxylic acid groups (broad SMARTS) is 1. The van der Waals surface area contributed by atoms with Gasteiger partial charge in [-0.05, 0) is 12.8 Å². The van der Waals surface area contributed by atoms with Gasteiger partial charge in [0.05, 0.1) is 18.8 Å². The van der Waals surface area contributed by atoms with Crippen molar-refractivity contribution in [1.82, 2.24) is 19.9 Å². The van der Waals surface area contributed by atoms with Crippen molar-refractivity contribution in [3.8, 4) is 0 Å². The van der Waals surface area contributed by atoms with Gasteiger partial charge in [0.1, 0.15) is 0 Å². The molecule has 7 nitrogen and oxygen atoms in total. The van der Waals surface area contributed by atoms with E-state index in [0.29, 0.717) is 6.54 Å². The molecule has 1 N–H and O–H groups in total. The zero-order valence-corrected chi connectivity index (χ0v) is 9.54. The minimum Gasteiger partial charge on any atom is -0.476 e. The summed E-state index contributed by atoms with van der Waals surface area (Å²) in [5, 5.41) is 16.0. The van der Waals surface area contributed by atoms with Crippen molar-refractivity contribution >= 4 is 11.9 Å². The van der Waals surface area contributed by atoms with Gasteiger partial charge >= 0.3 is 5.97 Å². The van der Waals surface area contributed by atoms with Gasteiger partial charge < -0.3 is 10.0 Å². The first-order chi connectivity index (χ1) is 8.08. The highest BCUT2D eigenvalue weighted by molar-refractivity contribution is 5.84. The van der Waals surface area contributed by atoms with Crippen molar-refractivity contribution in [2.24, 2.45) is 0 Å². The van der Waals surface area contributed by atoms with Crippen LogP contribution in [0.15, 0.2) is 6.20 Å². The number of amides is 1. The van der Waals surface area contributed by atoms with Gasteiger partial charge in [0, 0.05) is 13.5 Å². The zero-order chi connectivity index (χ0) is 12.4. The van der Waals surface area contributed by atoms with E-state index in [4.69, 9.17) is 5.11 Å². The van der Waals surface area contributed by atoms with Gasteiger partial charge in [0.2, 0.25) is 5.91 Å². The summed E-state index contributed by atoms with van der Waals surface area (Å²) in [4.78, 5) is 23.8. The van der Waals surface area contributed by atoms with Crippen molar-refractivity contribution < 1.29 is 14.7 Å². The number of nitrogens with zero attached hydrogens (tertiary/aromatic N) is 4. The molecule has 0 unspecified atom stereocenters. The van der Waals surface area contributed by atoms with Crippen molar-refractivity contribution in [1.29, 1.82) is 0 Å². The van der Waals surface area contributed by atoms with Crippen LogP contribution >= 0.6 is 0 Å². The van der Waals surface area contributed by atoms with Gasteiger partial charge in [-0.3, -0.25) is 4.79 Å². The van der Waals surface area contributed by atoms with Crippen LogP contribution in [0.4, 0.5) is 0 Å². The molecule has 0 bridgehead atoms. The second-order valence-corrected chi connectivity index (χ2v) is 4.14. The Morgan fingerprint density at radius 1 is 1.59 bits per heavy atom. The molecule has 1 aliphatic heterocycles. The Labute approximate surface area is 98.0 Å². The summed E-state index contributed by atoms with van der Waals surface area (Å²) in [6, 6.07) is 0.0934. The predicted molar refractivity (Wildman–Crippen MR) is 57.4 cm³/mol. The largest absolute Gasteiger partial charge is 0.476 e. The maximum atomic E-state index is 11.3. The number of hydrogen-bond acceptors (Lipinski definition) is 4. The van der Waals surface area contributed by atoms with Gasteiger partial charge in [-0.15, -0.1) is 5.10 Å². The second-order valence-electron chi connectivity index (χ2n) is 4.14. The molecule has 1 fully saturated rings. The van der Waals surface area contributed by atoms with Crippen LogP contribution < -0.4 is 0 Å². The Hall–Kier alpha value is -1.92. The van der Waals surface area contributed by atoms with Gasteiger partial charge in [-0.1, -0.05) is 5.21 Å². The maximum absolute atomic E-state index is 11.3. The number of hydrogen-bond donors (Lipinski definition) is 1. The van der Waals surface area contributed by atoms with Gasteiger partial charge in [-0.25, -0.2) is 9.48 Å². The standard InChI is InChI=1S/C10H14N4O3/c1-7(15)14-4-2-3-8(14)5-13-6-9(10(16)17)11-12-13/h6,8H,2-5H2,1H3,(H,16,17)/t8-/m0/s1. The fourth-order valence-electron chi connectivity index (χ4n) is 2.14. The number of carbonyl (C=O) groups is 2. The molecule has 1 aromatic rings. The van der Waals surface area contributed by atoms with Crippen LogP contribution in [0.2, 0.25) is 0 Å². The fraction of sp³-hybridized carbons (Fsp3) is 0.600. The molecule has 0 aliphatic carbocycles. The van der Waals surface area contributed by atoms with Crippen molar-refractivity contribution in [2.75, 3.05) is 6.54 Å². The van der Waals surface area contributed by atoms with E-state index in [0.717, 1.165) is 19.4 Å². The molecular formula is C10H14N4O3. The van der Waals surface area contributed by atoms with E-state index >= 15 is 0 Å². The fourth-order valence-corrected chi connectivity index (χ4v) is 2.14. The predicted octanol–water partition coefficient (Wildman–Crippen LogP) is -0.0128. The van der Waals surface area contributed by atoms with Gasteiger partial charge in [-0.2, -0.15) is 0 Å². The first-order valence-electron chi connectivity index (χ1n) is 5.48. The van der Waals surface area contributed by atoms with Crippen molar-refractivity contribution in [2.45, 2.75) is 32.4 Å². The first kappa shape index (κ1) is 11.6. The summed E-state index contributed by atoms with van der Waals surface area (Å²) in [7, 11) is 0. The molecule has 1 aromatic heterocycles. The van der Waals surface area contributed by atoms with Gasteiger partial charge in [0.25, 0.3) is 0 Å². The monoisotopic (exact) mass is 238 g/mol. The van der Waals surface area contributed by atoms with E-state index in [2.05, 4.69) is 10.3 Å². The van der Waals surface area contributed by atoms with Crippen molar-refractivity contribution in [3.05, 3.63) is 11.9 Å². The van der Waals surface area contributed by atoms with Crippen LogP contribution in [0, 0.1) is 0 Å². The zero-order valence-electron chi connectivity index (χ0n) is 9.54. The van der Waals surface area contributed by atoms with E-state index < -0.39 is 5.97 Å². The third kappa shape index (κ3) is 2.43. The van der Waals surface area contributed by atoms with E-state index in [1.54, 1.807) is 11.8 Å². The number of carbonyl (C=O) groups excluding carboxylic acids is 1. The Balaban J connectivity index is 2.04. The van der Waals surface area contributed by atoms with Gasteiger partial charge in [0.15, 0.2) is 5.69 Å². The number of likely N-dealkylation sites (tertiary alicyclic amines) is 1. The number of carboxylic acids is 1. The maximum Gasteiger partial charge on any atom is 0.358 e. The van der Waals surface area contributed by atoms with Crippen LogP contribution in [-0.4, -0.2) is 49.5 Å². The molecule has 2 heterocycles. The number of aromatic nitrogens is 3. The molecule has 0 saturated carbocycles. The third-order valence-corrected chi connectivity index (χ3v) is 2.94. The highest BCUT2D eigenvalue weighted by Crippen LogP contribution is 2.18. The summed E-state index contributed by atoms with van der Waals surface area (Å²) < 4.78 is 1.48. The quantitative estimate of drug-likeness (QED) is 0.799. The highest BCUT2D eigenvalue weighted by atomic mass is 16.4. The van der Waals surface area contributed by atoms with Crippen LogP contribution in [0.1, 0.15) is 30.3 Å². The molecule has 0 aromatic carbocycles. The number of rotatable bonds is 3. The Bertz CT molecular complexity index is 443. The van der Waals surface area contributed by atoms with E-state index in [1.165, 1.54) is 10.9 Å². The summed E-state index contributed by atoms with van der Waals surface area (Å²) in [6.07, 6.45) is 3.28. The Morgan fingerprint density at radius 2 is 2.35 bits per heavy atom. The van der Waals surface area contributed by atoms with E-state index in [1.807, 2.05) is 0 Å². The molecule has 1 amide bonds. The molecule has 1 saturated heterocycles. The first-order valence-corrected chi connectivity index (χ1v) is 5.48. The van der Waals surface area contributed by atoms with Crippen molar-refractivity contribution in [3.63, 3.8) is 0 Å². The molecule has 92 valence electrons. The summed E-state index contributed by atoms with van der Waals surface area (Å²) >= 11 is 0. The molecule has 0 radical (unpaired) electrons. The Morgan fingerprint density at radius 3 is 2.94 bits per heavy atom.